The van der Waals surface area contributed by atoms with Crippen LogP contribution in [0, 0.1) is 15.5 Å². The number of nitrogens with one attached hydrogen (secondary N) is 3. The number of piperazine rings is 1. The summed E-state index contributed by atoms with van der Waals surface area (Å²) in [5, 5.41) is 16.9. The second kappa shape index (κ2) is 18.9. The van der Waals surface area contributed by atoms with Crippen LogP contribution in [0.4, 0.5) is 17.1 Å². The molecule has 2 aliphatic heterocycles. The molecular weight excluding hydrogens is 887 g/mol. The van der Waals surface area contributed by atoms with Gasteiger partial charge in [0.1, 0.15) is 22.8 Å². The number of H-pyrrole nitrogens is 1. The largest absolute Gasteiger partial charge is 0.455 e. The summed E-state index contributed by atoms with van der Waals surface area (Å²) < 4.78 is 48.4. The number of pyridine rings is 1. The second-order valence-electron chi connectivity index (χ2n) is 18.5. The van der Waals surface area contributed by atoms with Crippen molar-refractivity contribution in [3.63, 3.8) is 0 Å². The lowest BCUT2D eigenvalue weighted by molar-refractivity contribution is -0.384. The molecule has 2 aromatic heterocycles. The molecule has 18 heteroatoms. The molecule has 65 heavy (non-hydrogen) atoms. The summed E-state index contributed by atoms with van der Waals surface area (Å²) in [4.78, 5) is 39.5. The minimum Gasteiger partial charge on any atom is -0.455 e. The first-order chi connectivity index (χ1) is 30.9. The quantitative estimate of drug-likeness (QED) is 0.0547. The Labute approximate surface area is 385 Å². The lowest BCUT2D eigenvalue weighted by Crippen LogP contribution is -2.47. The van der Waals surface area contributed by atoms with Crippen LogP contribution in [-0.4, -0.2) is 116 Å². The fourth-order valence-corrected chi connectivity index (χ4v) is 11.7. The minimum absolute atomic E-state index is 0.0502. The van der Waals surface area contributed by atoms with Gasteiger partial charge in [-0.25, -0.2) is 18.1 Å². The van der Waals surface area contributed by atoms with E-state index in [-0.39, 0.29) is 28.5 Å². The van der Waals surface area contributed by atoms with E-state index in [1.165, 1.54) is 41.1 Å². The van der Waals surface area contributed by atoms with E-state index in [0.717, 1.165) is 61.1 Å². The number of ether oxygens (including phenoxy) is 1. The average Bonchev–Trinajstić information content (AvgIpc) is 3.73. The fourth-order valence-electron chi connectivity index (χ4n) is 8.98. The summed E-state index contributed by atoms with van der Waals surface area (Å²) in [5.41, 5.74) is 5.41. The van der Waals surface area contributed by atoms with Crippen LogP contribution in [0.25, 0.3) is 16.6 Å². The third-order valence-electron chi connectivity index (χ3n) is 12.8. The summed E-state index contributed by atoms with van der Waals surface area (Å²) >= 11 is 6.25. The molecular formula is C47H56ClN8O7PS. The van der Waals surface area contributed by atoms with Gasteiger partial charge < -0.3 is 29.4 Å². The van der Waals surface area contributed by atoms with Crippen LogP contribution in [0.15, 0.2) is 95.7 Å². The van der Waals surface area contributed by atoms with E-state index < -0.39 is 38.6 Å². The molecule has 0 saturated carbocycles. The van der Waals surface area contributed by atoms with Gasteiger partial charge in [-0.3, -0.25) is 19.8 Å². The zero-order valence-corrected chi connectivity index (χ0v) is 39.6. The van der Waals surface area contributed by atoms with Crippen LogP contribution in [0.1, 0.15) is 56.0 Å². The lowest BCUT2D eigenvalue weighted by Gasteiger charge is -2.39. The van der Waals surface area contributed by atoms with E-state index in [1.807, 2.05) is 31.8 Å². The van der Waals surface area contributed by atoms with Crippen LogP contribution in [-0.2, 0) is 14.6 Å². The number of amides is 1. The van der Waals surface area contributed by atoms with Crippen LogP contribution in [0.2, 0.25) is 5.02 Å². The Morgan fingerprint density at radius 3 is 2.46 bits per heavy atom. The molecule has 5 aromatic rings. The maximum absolute atomic E-state index is 14.0. The van der Waals surface area contributed by atoms with Gasteiger partial charge >= 0.3 is 0 Å². The number of aromatic nitrogens is 2. The van der Waals surface area contributed by atoms with Crippen molar-refractivity contribution < 1.29 is 27.4 Å². The van der Waals surface area contributed by atoms with Crippen LogP contribution in [0.3, 0.4) is 0 Å². The Bertz CT molecular complexity index is 2780. The molecule has 1 aliphatic carbocycles. The van der Waals surface area contributed by atoms with Crippen LogP contribution in [0.5, 0.6) is 11.5 Å². The number of carbonyl (C=O) groups excluding carboxylic acids is 1. The number of benzene rings is 3. The Morgan fingerprint density at radius 2 is 1.74 bits per heavy atom. The first kappa shape index (κ1) is 46.3. The van der Waals surface area contributed by atoms with E-state index in [2.05, 4.69) is 60.7 Å². The van der Waals surface area contributed by atoms with Crippen molar-refractivity contribution >= 4 is 68.3 Å². The van der Waals surface area contributed by atoms with E-state index in [1.54, 1.807) is 24.4 Å². The van der Waals surface area contributed by atoms with Gasteiger partial charge in [0, 0.05) is 105 Å². The summed E-state index contributed by atoms with van der Waals surface area (Å²) in [6, 6.07) is 20.1. The SMILES string of the molecule is C[C@H](CN1CCP(C)(=O)CC1)Nc1ccc(S(=O)(=O)NC(=O)c2ccc(N3CCN(CC4=C(c5ccc(Cl)cc5)CC(C)(C)CC4)CC3)cc2Oc2cnc3[nH]ccc3c2)cc1[N+](=O)[O-]. The van der Waals surface area contributed by atoms with Gasteiger partial charge in [0.25, 0.3) is 21.6 Å². The minimum atomic E-state index is -4.60. The van der Waals surface area contributed by atoms with Crippen molar-refractivity contribution in [3.8, 4) is 11.5 Å². The number of halogens is 1. The van der Waals surface area contributed by atoms with Crippen molar-refractivity contribution in [3.05, 3.63) is 117 Å². The third-order valence-corrected chi connectivity index (χ3v) is 16.6. The van der Waals surface area contributed by atoms with Gasteiger partial charge in [-0.05, 0) is 97.9 Å². The maximum atomic E-state index is 14.0. The number of carbonyl (C=O) groups is 1. The molecule has 3 aromatic carbocycles. The Kier molecular flexibility index (Phi) is 13.5. The molecule has 8 rings (SSSR count). The lowest BCUT2D eigenvalue weighted by atomic mass is 9.72. The number of aromatic amines is 1. The molecule has 0 radical (unpaired) electrons. The van der Waals surface area contributed by atoms with Crippen LogP contribution < -0.4 is 19.7 Å². The molecule has 1 amide bonds. The predicted molar refractivity (Wildman–Crippen MR) is 258 cm³/mol. The van der Waals surface area contributed by atoms with Crippen molar-refractivity contribution in [2.75, 3.05) is 81.6 Å². The van der Waals surface area contributed by atoms with Gasteiger partial charge in [0.05, 0.1) is 28.7 Å². The normalized spacial score (nSPS) is 18.6. The van der Waals surface area contributed by atoms with Crippen molar-refractivity contribution in [2.45, 2.75) is 51.0 Å². The summed E-state index contributed by atoms with van der Waals surface area (Å²) in [6.07, 6.45) is 7.70. The standard InChI is InChI=1S/C47H56ClN8O7PS/c1-32(30-54-21-23-64(4,60)24-22-54)51-42-12-10-39(27-43(42)56(58)59)65(61,62)52-46(57)40-11-9-37(26-44(40)63-38-25-34-14-16-49-45(34)50-29-38)55-19-17-53(18-20-55)31-35-13-15-47(2,3)28-41(35)33-5-7-36(48)8-6-33/h5-12,14,16,25-27,29,32,51H,13,15,17-24,28,30-31H2,1-4H3,(H,49,50)(H,52,57)/t32-/m1/s1. The highest BCUT2D eigenvalue weighted by Gasteiger charge is 2.31. The summed E-state index contributed by atoms with van der Waals surface area (Å²) in [6.45, 7) is 14.2. The molecule has 2 fully saturated rings. The number of hydrogen-bond donors (Lipinski definition) is 3. The number of fused-ring (bicyclic) bond motifs is 1. The number of rotatable bonds is 14. The highest BCUT2D eigenvalue weighted by Crippen LogP contribution is 2.44. The number of allylic oxidation sites excluding steroid dienone is 1. The van der Waals surface area contributed by atoms with Gasteiger partial charge in [0.15, 0.2) is 0 Å². The Balaban J connectivity index is 0.988. The van der Waals surface area contributed by atoms with Gasteiger partial charge in [-0.2, -0.15) is 0 Å². The van der Waals surface area contributed by atoms with Crippen molar-refractivity contribution in [1.29, 1.82) is 0 Å². The number of sulfonamides is 1. The highest BCUT2D eigenvalue weighted by molar-refractivity contribution is 7.90. The van der Waals surface area contributed by atoms with Crippen molar-refractivity contribution in [1.82, 2.24) is 24.5 Å². The van der Waals surface area contributed by atoms with Crippen LogP contribution >= 0.6 is 18.7 Å². The predicted octanol–water partition coefficient (Wildman–Crippen LogP) is 8.93. The molecule has 0 bridgehead atoms. The fraction of sp³-hybridized carbons (Fsp3) is 0.404. The van der Waals surface area contributed by atoms with E-state index in [9.17, 15) is 27.9 Å². The molecule has 3 aliphatic rings. The number of nitro benzene ring substituents is 1. The monoisotopic (exact) mass is 942 g/mol. The zero-order valence-electron chi connectivity index (χ0n) is 37.2. The van der Waals surface area contributed by atoms with E-state index in [4.69, 9.17) is 16.3 Å². The molecule has 15 nitrogen and oxygen atoms in total. The van der Waals surface area contributed by atoms with Gasteiger partial charge in [-0.1, -0.05) is 43.2 Å². The highest BCUT2D eigenvalue weighted by atomic mass is 35.5. The molecule has 1 atom stereocenters. The first-order valence-electron chi connectivity index (χ1n) is 22.0. The number of hydrogen-bond acceptors (Lipinski definition) is 12. The number of nitro groups is 1. The molecule has 3 N–H and O–H groups in total. The third kappa shape index (κ3) is 11.2. The summed E-state index contributed by atoms with van der Waals surface area (Å²) in [7, 11) is -6.71. The molecule has 2 saturated heterocycles. The number of nitrogens with zero attached hydrogens (tertiary/aromatic N) is 5. The topological polar surface area (TPSA) is 183 Å². The van der Waals surface area contributed by atoms with Gasteiger partial charge in [-0.15, -0.1) is 0 Å². The molecule has 344 valence electrons. The second-order valence-corrected chi connectivity index (χ2v) is 24.1. The molecule has 0 spiro atoms. The number of anilines is 2. The Morgan fingerprint density at radius 1 is 1.00 bits per heavy atom. The molecule has 4 heterocycles. The van der Waals surface area contributed by atoms with E-state index >= 15 is 0 Å². The van der Waals surface area contributed by atoms with E-state index in [0.29, 0.717) is 56.4 Å². The summed E-state index contributed by atoms with van der Waals surface area (Å²) in [5.74, 6) is -0.508. The maximum Gasteiger partial charge on any atom is 0.293 e. The molecule has 0 unspecified atom stereocenters. The van der Waals surface area contributed by atoms with Crippen molar-refractivity contribution in [2.24, 2.45) is 5.41 Å². The zero-order chi connectivity index (χ0) is 46.1. The average molecular weight is 944 g/mol. The first-order valence-corrected chi connectivity index (χ1v) is 26.4. The smallest absolute Gasteiger partial charge is 0.293 e. The Hall–Kier alpha value is -5.25. The van der Waals surface area contributed by atoms with Gasteiger partial charge in [0.2, 0.25) is 0 Å².